The molecule has 23 heavy (non-hydrogen) atoms. The van der Waals surface area contributed by atoms with Crippen molar-refractivity contribution in [1.29, 1.82) is 0 Å². The van der Waals surface area contributed by atoms with Gasteiger partial charge in [0.1, 0.15) is 6.04 Å². The second-order valence-corrected chi connectivity index (χ2v) is 4.19. The molecule has 0 heterocycles. The van der Waals surface area contributed by atoms with Gasteiger partial charge in [0, 0.05) is 6.92 Å². The zero-order chi connectivity index (χ0) is 17.8. The molecule has 0 rings (SSSR count). The van der Waals surface area contributed by atoms with Crippen molar-refractivity contribution in [2.75, 3.05) is 13.2 Å². The van der Waals surface area contributed by atoms with Gasteiger partial charge in [-0.1, -0.05) is 0 Å². The molecule has 0 aliphatic rings. The summed E-state index contributed by atoms with van der Waals surface area (Å²) in [5.41, 5.74) is 5.26. The third-order valence-corrected chi connectivity index (χ3v) is 2.20. The van der Waals surface area contributed by atoms with Crippen LogP contribution < -0.4 is 5.73 Å². The van der Waals surface area contributed by atoms with E-state index in [1.807, 2.05) is 0 Å². The molecule has 2 unspecified atom stereocenters. The molecular weight excluding hydrogens is 320 g/mol. The number of hydrogen-bond donors (Lipinski definition) is 2. The van der Waals surface area contributed by atoms with Crippen LogP contribution in [0.2, 0.25) is 0 Å². The first-order valence-corrected chi connectivity index (χ1v) is 6.51. The van der Waals surface area contributed by atoms with Crippen LogP contribution in [0.25, 0.3) is 0 Å². The van der Waals surface area contributed by atoms with E-state index in [2.05, 4.69) is 19.0 Å². The maximum absolute atomic E-state index is 11.3. The number of carbonyl (C=O) groups is 3. The van der Waals surface area contributed by atoms with Gasteiger partial charge in [-0.2, -0.15) is 0 Å². The largest absolute Gasteiger partial charge is 0.511 e. The molecule has 12 heteroatoms. The van der Waals surface area contributed by atoms with Crippen molar-refractivity contribution in [1.82, 2.24) is 0 Å². The minimum atomic E-state index is -1.38. The lowest BCUT2D eigenvalue weighted by Crippen LogP contribution is -2.37. The van der Waals surface area contributed by atoms with E-state index in [1.165, 1.54) is 6.92 Å². The quantitative estimate of drug-likeness (QED) is 0.168. The SMILES string of the molecule is CC(OC(=O)OCCCCO[N+](=O)[O-])OC(=O)C(N)CC(=O)O. The van der Waals surface area contributed by atoms with Crippen LogP contribution in [0, 0.1) is 10.1 Å². The number of ether oxygens (including phenoxy) is 3. The summed E-state index contributed by atoms with van der Waals surface area (Å²) in [5, 5.41) is 17.4. The van der Waals surface area contributed by atoms with Crippen molar-refractivity contribution in [3.63, 3.8) is 0 Å². The summed E-state index contributed by atoms with van der Waals surface area (Å²) >= 11 is 0. The Labute approximate surface area is 130 Å². The highest BCUT2D eigenvalue weighted by molar-refractivity contribution is 5.81. The van der Waals surface area contributed by atoms with Crippen molar-refractivity contribution in [2.45, 2.75) is 38.5 Å². The van der Waals surface area contributed by atoms with E-state index >= 15 is 0 Å². The van der Waals surface area contributed by atoms with E-state index in [0.717, 1.165) is 0 Å². The summed E-state index contributed by atoms with van der Waals surface area (Å²) in [6, 6.07) is -1.38. The molecule has 0 saturated carbocycles. The first kappa shape index (κ1) is 20.4. The average Bonchev–Trinajstić information content (AvgIpc) is 2.41. The van der Waals surface area contributed by atoms with Gasteiger partial charge in [-0.25, -0.2) is 4.79 Å². The number of esters is 1. The minimum Gasteiger partial charge on any atom is -0.481 e. The highest BCUT2D eigenvalue weighted by Crippen LogP contribution is 2.02. The van der Waals surface area contributed by atoms with E-state index in [-0.39, 0.29) is 13.2 Å². The maximum atomic E-state index is 11.3. The summed E-state index contributed by atoms with van der Waals surface area (Å²) in [4.78, 5) is 46.8. The van der Waals surface area contributed by atoms with Crippen molar-refractivity contribution in [3.05, 3.63) is 10.1 Å². The number of carboxylic acid groups (broad SMARTS) is 1. The van der Waals surface area contributed by atoms with E-state index in [0.29, 0.717) is 12.8 Å². The smallest absolute Gasteiger partial charge is 0.481 e. The number of hydrogen-bond acceptors (Lipinski definition) is 10. The zero-order valence-corrected chi connectivity index (χ0v) is 12.3. The third kappa shape index (κ3) is 11.7. The monoisotopic (exact) mass is 338 g/mol. The van der Waals surface area contributed by atoms with Crippen LogP contribution in [0.15, 0.2) is 0 Å². The Morgan fingerprint density at radius 3 is 2.39 bits per heavy atom. The Morgan fingerprint density at radius 1 is 1.22 bits per heavy atom. The fraction of sp³-hybridized carbons (Fsp3) is 0.727. The van der Waals surface area contributed by atoms with Gasteiger partial charge in [0.25, 0.3) is 5.09 Å². The molecule has 132 valence electrons. The summed E-state index contributed by atoms with van der Waals surface area (Å²) in [6.45, 7) is 1.03. The number of unbranched alkanes of at least 4 members (excludes halogenated alkanes) is 1. The molecule has 0 fully saturated rings. The molecule has 0 aromatic heterocycles. The van der Waals surface area contributed by atoms with Crippen molar-refractivity contribution >= 4 is 18.1 Å². The third-order valence-electron chi connectivity index (χ3n) is 2.20. The van der Waals surface area contributed by atoms with Gasteiger partial charge in [0.15, 0.2) is 0 Å². The second kappa shape index (κ2) is 11.0. The lowest BCUT2D eigenvalue weighted by molar-refractivity contribution is -0.757. The molecule has 0 aliphatic heterocycles. The fourth-order valence-electron chi connectivity index (χ4n) is 1.21. The van der Waals surface area contributed by atoms with Gasteiger partial charge in [-0.3, -0.25) is 9.59 Å². The average molecular weight is 338 g/mol. The normalized spacial score (nSPS) is 12.6. The van der Waals surface area contributed by atoms with Crippen molar-refractivity contribution in [2.24, 2.45) is 5.73 Å². The van der Waals surface area contributed by atoms with Gasteiger partial charge in [0.2, 0.25) is 6.29 Å². The Balaban J connectivity index is 3.82. The van der Waals surface area contributed by atoms with Crippen molar-refractivity contribution in [3.8, 4) is 0 Å². The summed E-state index contributed by atoms with van der Waals surface area (Å²) in [5.74, 6) is -2.31. The van der Waals surface area contributed by atoms with Crippen LogP contribution in [0.1, 0.15) is 26.2 Å². The summed E-state index contributed by atoms with van der Waals surface area (Å²) in [6.07, 6.45) is -2.45. The molecular formula is C11H18N2O10. The molecule has 0 amide bonds. The van der Waals surface area contributed by atoms with E-state index in [4.69, 9.17) is 10.8 Å². The molecule has 0 spiro atoms. The molecule has 0 aliphatic carbocycles. The molecule has 3 N–H and O–H groups in total. The first-order chi connectivity index (χ1) is 10.7. The van der Waals surface area contributed by atoms with Crippen LogP contribution in [0.5, 0.6) is 0 Å². The van der Waals surface area contributed by atoms with Crippen LogP contribution in [-0.2, 0) is 28.6 Å². The summed E-state index contributed by atoms with van der Waals surface area (Å²) in [7, 11) is 0. The summed E-state index contributed by atoms with van der Waals surface area (Å²) < 4.78 is 13.8. The van der Waals surface area contributed by atoms with Gasteiger partial charge in [-0.05, 0) is 12.8 Å². The standard InChI is InChI=1S/C11H18N2O10/c1-7(22-10(16)8(12)6-9(14)15)23-11(17)20-4-2-3-5-21-13(18)19/h7-8H,2-6,12H2,1H3,(H,14,15). The van der Waals surface area contributed by atoms with Crippen LogP contribution >= 0.6 is 0 Å². The van der Waals surface area contributed by atoms with Gasteiger partial charge >= 0.3 is 18.1 Å². The van der Waals surface area contributed by atoms with Crippen LogP contribution in [0.4, 0.5) is 4.79 Å². The Morgan fingerprint density at radius 2 is 1.83 bits per heavy atom. The minimum absolute atomic E-state index is 0.0703. The first-order valence-electron chi connectivity index (χ1n) is 6.51. The maximum Gasteiger partial charge on any atom is 0.511 e. The van der Waals surface area contributed by atoms with Gasteiger partial charge in [0.05, 0.1) is 19.6 Å². The number of nitrogens with two attached hydrogens (primary N) is 1. The fourth-order valence-corrected chi connectivity index (χ4v) is 1.21. The molecule has 0 radical (unpaired) electrons. The topological polar surface area (TPSA) is 178 Å². The van der Waals surface area contributed by atoms with E-state index in [9.17, 15) is 24.5 Å². The predicted molar refractivity (Wildman–Crippen MR) is 70.4 cm³/mol. The highest BCUT2D eigenvalue weighted by atomic mass is 16.9. The molecule has 12 nitrogen and oxygen atoms in total. The Kier molecular flexibility index (Phi) is 9.75. The number of nitrogens with zero attached hydrogens (tertiary/aromatic N) is 1. The van der Waals surface area contributed by atoms with E-state index in [1.54, 1.807) is 0 Å². The Bertz CT molecular complexity index is 427. The predicted octanol–water partition coefficient (Wildman–Crippen LogP) is -0.181. The lowest BCUT2D eigenvalue weighted by atomic mass is 10.2. The number of aliphatic carboxylic acids is 1. The molecule has 0 bridgehead atoms. The molecule has 2 atom stereocenters. The van der Waals surface area contributed by atoms with E-state index < -0.39 is 41.9 Å². The molecule has 0 aromatic rings. The van der Waals surface area contributed by atoms with Gasteiger partial charge in [-0.15, -0.1) is 10.1 Å². The number of carboxylic acids is 1. The second-order valence-electron chi connectivity index (χ2n) is 4.19. The zero-order valence-electron chi connectivity index (χ0n) is 12.3. The number of rotatable bonds is 11. The highest BCUT2D eigenvalue weighted by Gasteiger charge is 2.22. The molecule has 0 saturated heterocycles. The molecule has 0 aromatic carbocycles. The van der Waals surface area contributed by atoms with Gasteiger partial charge < -0.3 is 29.9 Å². The van der Waals surface area contributed by atoms with Crippen LogP contribution in [-0.4, -0.2) is 53.8 Å². The van der Waals surface area contributed by atoms with Crippen LogP contribution in [0.3, 0.4) is 0 Å². The Hall–Kier alpha value is -2.63. The lowest BCUT2D eigenvalue weighted by Gasteiger charge is -2.16. The van der Waals surface area contributed by atoms with Crippen molar-refractivity contribution < 1.29 is 43.6 Å². The number of carbonyl (C=O) groups excluding carboxylic acids is 2.